The molecular formula is C51H42N4. The fourth-order valence-electron chi connectivity index (χ4n) is 10.1. The van der Waals surface area contributed by atoms with Crippen molar-refractivity contribution >= 4 is 65.3 Å². The van der Waals surface area contributed by atoms with Gasteiger partial charge in [-0.1, -0.05) is 151 Å². The SMILES string of the molecule is CC1(C)c2cccc(-n3c4ccccc4c4c5c6ccccc6n(-c6nc(-c7ccccc7)nc7c6ccc6ccccc67)c5ccc43)c2C(C)(C)C1(C)C. The van der Waals surface area contributed by atoms with E-state index in [4.69, 9.17) is 9.97 Å². The molecule has 3 heterocycles. The summed E-state index contributed by atoms with van der Waals surface area (Å²) >= 11 is 0. The molecule has 0 saturated carbocycles. The molecule has 0 amide bonds. The molecule has 3 aromatic heterocycles. The number of hydrogen-bond acceptors (Lipinski definition) is 2. The van der Waals surface area contributed by atoms with Crippen LogP contribution in [0.3, 0.4) is 0 Å². The van der Waals surface area contributed by atoms with E-state index in [-0.39, 0.29) is 16.2 Å². The lowest BCUT2D eigenvalue weighted by atomic mass is 9.59. The van der Waals surface area contributed by atoms with Gasteiger partial charge in [-0.25, -0.2) is 9.97 Å². The molecular weight excluding hydrogens is 669 g/mol. The maximum Gasteiger partial charge on any atom is 0.162 e. The Hall–Kier alpha value is -6.26. The van der Waals surface area contributed by atoms with Crippen molar-refractivity contribution in [1.29, 1.82) is 0 Å². The molecule has 0 N–H and O–H groups in total. The van der Waals surface area contributed by atoms with Gasteiger partial charge in [-0.05, 0) is 69.2 Å². The summed E-state index contributed by atoms with van der Waals surface area (Å²) in [6, 6.07) is 52.8. The Morgan fingerprint density at radius 1 is 0.436 bits per heavy atom. The molecule has 0 fully saturated rings. The average molecular weight is 711 g/mol. The molecule has 4 nitrogen and oxygen atoms in total. The highest BCUT2D eigenvalue weighted by Gasteiger charge is 2.57. The second kappa shape index (κ2) is 10.9. The molecule has 0 saturated heterocycles. The molecule has 11 rings (SSSR count). The number of benzene rings is 7. The minimum Gasteiger partial charge on any atom is -0.309 e. The number of aromatic nitrogens is 4. The summed E-state index contributed by atoms with van der Waals surface area (Å²) in [7, 11) is 0. The van der Waals surface area contributed by atoms with Crippen molar-refractivity contribution < 1.29 is 0 Å². The van der Waals surface area contributed by atoms with Gasteiger partial charge in [-0.3, -0.25) is 4.57 Å². The lowest BCUT2D eigenvalue weighted by molar-refractivity contribution is 0.125. The highest BCUT2D eigenvalue weighted by atomic mass is 15.1. The zero-order valence-electron chi connectivity index (χ0n) is 32.1. The molecule has 7 aromatic carbocycles. The van der Waals surface area contributed by atoms with E-state index in [2.05, 4.69) is 190 Å². The maximum atomic E-state index is 5.44. The third-order valence-electron chi connectivity index (χ3n) is 14.0. The van der Waals surface area contributed by atoms with Crippen LogP contribution in [0.1, 0.15) is 52.7 Å². The number of fused-ring (bicyclic) bond motifs is 11. The van der Waals surface area contributed by atoms with Crippen molar-refractivity contribution in [1.82, 2.24) is 19.1 Å². The lowest BCUT2D eigenvalue weighted by Crippen LogP contribution is -2.42. The Morgan fingerprint density at radius 3 is 1.75 bits per heavy atom. The van der Waals surface area contributed by atoms with Gasteiger partial charge in [0.25, 0.3) is 0 Å². The van der Waals surface area contributed by atoms with E-state index in [9.17, 15) is 0 Å². The van der Waals surface area contributed by atoms with Crippen molar-refractivity contribution in [3.63, 3.8) is 0 Å². The van der Waals surface area contributed by atoms with Crippen molar-refractivity contribution in [2.45, 2.75) is 52.4 Å². The zero-order valence-corrected chi connectivity index (χ0v) is 32.1. The minimum absolute atomic E-state index is 0.00549. The fraction of sp³-hybridized carbons (Fsp3) is 0.176. The molecule has 55 heavy (non-hydrogen) atoms. The van der Waals surface area contributed by atoms with Crippen molar-refractivity contribution in [2.24, 2.45) is 5.41 Å². The second-order valence-corrected chi connectivity index (χ2v) is 17.1. The number of rotatable bonds is 3. The van der Waals surface area contributed by atoms with Crippen LogP contribution in [0.5, 0.6) is 0 Å². The summed E-state index contributed by atoms with van der Waals surface area (Å²) in [6.07, 6.45) is 0. The van der Waals surface area contributed by atoms with E-state index >= 15 is 0 Å². The van der Waals surface area contributed by atoms with E-state index in [0.717, 1.165) is 49.9 Å². The highest BCUT2D eigenvalue weighted by Crippen LogP contribution is 2.63. The van der Waals surface area contributed by atoms with E-state index in [1.807, 2.05) is 6.07 Å². The van der Waals surface area contributed by atoms with E-state index in [1.54, 1.807) is 0 Å². The Kier molecular flexibility index (Phi) is 6.39. The Morgan fingerprint density at radius 2 is 1.04 bits per heavy atom. The highest BCUT2D eigenvalue weighted by molar-refractivity contribution is 6.29. The van der Waals surface area contributed by atoms with Gasteiger partial charge < -0.3 is 4.57 Å². The van der Waals surface area contributed by atoms with Gasteiger partial charge in [0, 0.05) is 37.9 Å². The normalized spacial score (nSPS) is 15.9. The number of para-hydroxylation sites is 2. The molecule has 0 aliphatic heterocycles. The van der Waals surface area contributed by atoms with Crippen molar-refractivity contribution in [3.8, 4) is 22.9 Å². The van der Waals surface area contributed by atoms with E-state index in [0.29, 0.717) is 0 Å². The monoisotopic (exact) mass is 710 g/mol. The number of nitrogens with zero attached hydrogens (tertiary/aromatic N) is 4. The topological polar surface area (TPSA) is 35.6 Å². The van der Waals surface area contributed by atoms with Gasteiger partial charge in [0.2, 0.25) is 0 Å². The largest absolute Gasteiger partial charge is 0.309 e. The summed E-state index contributed by atoms with van der Waals surface area (Å²) in [5, 5.41) is 8.28. The van der Waals surface area contributed by atoms with Crippen LogP contribution in [0, 0.1) is 5.41 Å². The summed E-state index contributed by atoms with van der Waals surface area (Å²) in [4.78, 5) is 10.7. The van der Waals surface area contributed by atoms with Crippen LogP contribution in [-0.2, 0) is 10.8 Å². The summed E-state index contributed by atoms with van der Waals surface area (Å²) in [5.74, 6) is 1.60. The van der Waals surface area contributed by atoms with Gasteiger partial charge >= 0.3 is 0 Å². The maximum absolute atomic E-state index is 5.44. The van der Waals surface area contributed by atoms with Crippen molar-refractivity contribution in [2.75, 3.05) is 0 Å². The minimum atomic E-state index is -0.0606. The molecule has 0 spiro atoms. The molecule has 1 aliphatic carbocycles. The first-order valence-corrected chi connectivity index (χ1v) is 19.4. The summed E-state index contributed by atoms with van der Waals surface area (Å²) in [6.45, 7) is 14.6. The molecule has 0 radical (unpaired) electrons. The van der Waals surface area contributed by atoms with Crippen LogP contribution in [0.25, 0.3) is 88.2 Å². The molecule has 1 aliphatic rings. The lowest BCUT2D eigenvalue weighted by Gasteiger charge is -2.44. The Bertz CT molecular complexity index is 3230. The van der Waals surface area contributed by atoms with Crippen LogP contribution >= 0.6 is 0 Å². The van der Waals surface area contributed by atoms with E-state index in [1.165, 1.54) is 49.4 Å². The fourth-order valence-corrected chi connectivity index (χ4v) is 10.1. The standard InChI is InChI=1S/C51H42N4/c1-49(2)37-23-16-26-42(45(37)50(3,4)51(49,5)6)54-38-24-14-12-21-34(38)43-40(54)29-30-41-44(43)35-22-13-15-25-39(35)55(41)48-36-28-27-31-17-10-11-20-33(31)46(36)52-47(53-48)32-18-8-7-9-19-32/h7-30H,1-6H3. The number of hydrogen-bond donors (Lipinski definition) is 0. The Labute approximate surface area is 320 Å². The van der Waals surface area contributed by atoms with Gasteiger partial charge in [0.15, 0.2) is 5.82 Å². The molecule has 4 heteroatoms. The van der Waals surface area contributed by atoms with Crippen molar-refractivity contribution in [3.05, 3.63) is 157 Å². The van der Waals surface area contributed by atoms with Gasteiger partial charge in [0.1, 0.15) is 5.82 Å². The molecule has 0 bridgehead atoms. The van der Waals surface area contributed by atoms with Crippen LogP contribution in [0.15, 0.2) is 146 Å². The first-order chi connectivity index (χ1) is 26.6. The third-order valence-corrected chi connectivity index (χ3v) is 14.0. The summed E-state index contributed by atoms with van der Waals surface area (Å²) in [5.41, 5.74) is 10.8. The van der Waals surface area contributed by atoms with Gasteiger partial charge in [-0.2, -0.15) is 0 Å². The quantitative estimate of drug-likeness (QED) is 0.171. The molecule has 0 atom stereocenters. The predicted molar refractivity (Wildman–Crippen MR) is 231 cm³/mol. The molecule has 266 valence electrons. The molecule has 0 unspecified atom stereocenters. The average Bonchev–Trinajstić information content (AvgIpc) is 3.76. The van der Waals surface area contributed by atoms with Crippen LogP contribution in [0.4, 0.5) is 0 Å². The van der Waals surface area contributed by atoms with Gasteiger partial charge in [-0.15, -0.1) is 0 Å². The Balaban J connectivity index is 1.29. The van der Waals surface area contributed by atoms with Crippen LogP contribution in [-0.4, -0.2) is 19.1 Å². The first-order valence-electron chi connectivity index (χ1n) is 19.4. The van der Waals surface area contributed by atoms with Crippen LogP contribution in [0.2, 0.25) is 0 Å². The second-order valence-electron chi connectivity index (χ2n) is 17.1. The summed E-state index contributed by atoms with van der Waals surface area (Å²) < 4.78 is 4.93. The zero-order chi connectivity index (χ0) is 37.4. The van der Waals surface area contributed by atoms with Crippen LogP contribution < -0.4 is 0 Å². The van der Waals surface area contributed by atoms with E-state index < -0.39 is 0 Å². The van der Waals surface area contributed by atoms with Gasteiger partial charge in [0.05, 0.1) is 33.3 Å². The third kappa shape index (κ3) is 4.07. The smallest absolute Gasteiger partial charge is 0.162 e. The molecule has 10 aromatic rings. The first kappa shape index (κ1) is 32.2. The predicted octanol–water partition coefficient (Wildman–Crippen LogP) is 13.2.